The molecule has 0 N–H and O–H groups in total. The van der Waals surface area contributed by atoms with Crippen LogP contribution in [0.15, 0.2) is 48.5 Å². The maximum Gasteiger partial charge on any atom is 0.256 e. The van der Waals surface area contributed by atoms with Crippen molar-refractivity contribution in [3.05, 3.63) is 59.7 Å². The molecule has 0 atom stereocenters. The molecule has 6 heteroatoms. The molecule has 154 valence electrons. The first-order valence-corrected chi connectivity index (χ1v) is 10.1. The summed E-state index contributed by atoms with van der Waals surface area (Å²) in [5.41, 5.74) is 1.46. The third-order valence-corrected chi connectivity index (χ3v) is 5.96. The van der Waals surface area contributed by atoms with Crippen LogP contribution in [-0.2, 0) is 11.3 Å². The van der Waals surface area contributed by atoms with E-state index in [0.29, 0.717) is 18.7 Å². The number of carbonyl (C=O) groups is 1. The summed E-state index contributed by atoms with van der Waals surface area (Å²) in [4.78, 5) is 17.5. The maximum absolute atomic E-state index is 13.1. The van der Waals surface area contributed by atoms with E-state index in [1.54, 1.807) is 14.2 Å². The topological polar surface area (TPSA) is 51.2 Å². The third-order valence-electron chi connectivity index (χ3n) is 5.96. The van der Waals surface area contributed by atoms with Gasteiger partial charge in [-0.05, 0) is 42.0 Å². The normalized spacial score (nSPS) is 18.8. The van der Waals surface area contributed by atoms with E-state index in [9.17, 15) is 4.79 Å². The van der Waals surface area contributed by atoms with E-state index in [1.807, 2.05) is 41.3 Å². The molecule has 2 aromatic carbocycles. The number of likely N-dealkylation sites (tertiary alicyclic amines) is 1. The van der Waals surface area contributed by atoms with Gasteiger partial charge in [0.05, 0.1) is 20.8 Å². The highest BCUT2D eigenvalue weighted by Gasteiger charge is 2.47. The Labute approximate surface area is 172 Å². The second-order valence-corrected chi connectivity index (χ2v) is 7.60. The Balaban J connectivity index is 1.39. The fourth-order valence-corrected chi connectivity index (χ4v) is 4.25. The van der Waals surface area contributed by atoms with Gasteiger partial charge in [-0.15, -0.1) is 0 Å². The van der Waals surface area contributed by atoms with Gasteiger partial charge >= 0.3 is 0 Å². The maximum atomic E-state index is 13.1. The number of methoxy groups -OCH3 is 2. The van der Waals surface area contributed by atoms with Crippen LogP contribution in [0.25, 0.3) is 0 Å². The Morgan fingerprint density at radius 1 is 0.931 bits per heavy atom. The minimum absolute atomic E-state index is 0.0359. The zero-order valence-electron chi connectivity index (χ0n) is 17.1. The van der Waals surface area contributed by atoms with E-state index in [0.717, 1.165) is 44.0 Å². The zero-order valence-corrected chi connectivity index (χ0v) is 17.1. The van der Waals surface area contributed by atoms with E-state index >= 15 is 0 Å². The number of nitrogens with zero attached hydrogens (tertiary/aromatic N) is 2. The molecule has 0 radical (unpaired) electrons. The van der Waals surface area contributed by atoms with Gasteiger partial charge in [-0.2, -0.15) is 0 Å². The lowest BCUT2D eigenvalue weighted by Gasteiger charge is -2.43. The van der Waals surface area contributed by atoms with Crippen LogP contribution in [0.2, 0.25) is 0 Å². The summed E-state index contributed by atoms with van der Waals surface area (Å²) in [6.45, 7) is 3.94. The van der Waals surface area contributed by atoms with E-state index in [1.165, 1.54) is 5.56 Å². The number of piperidine rings is 1. The molecule has 2 aromatic rings. The molecule has 1 spiro atoms. The van der Waals surface area contributed by atoms with Crippen LogP contribution in [0.3, 0.4) is 0 Å². The molecule has 0 bridgehead atoms. The second kappa shape index (κ2) is 8.43. The highest BCUT2D eigenvalue weighted by Crippen LogP contribution is 2.36. The molecule has 0 unspecified atom stereocenters. The van der Waals surface area contributed by atoms with Gasteiger partial charge in [0.15, 0.2) is 0 Å². The summed E-state index contributed by atoms with van der Waals surface area (Å²) >= 11 is 0. The highest BCUT2D eigenvalue weighted by molar-refractivity contribution is 5.95. The van der Waals surface area contributed by atoms with Gasteiger partial charge in [-0.3, -0.25) is 9.69 Å². The molecule has 0 saturated carbocycles. The molecular formula is C23H28N2O4. The monoisotopic (exact) mass is 396 g/mol. The molecule has 1 amide bonds. The van der Waals surface area contributed by atoms with Crippen LogP contribution in [0.4, 0.5) is 0 Å². The van der Waals surface area contributed by atoms with Crippen LogP contribution < -0.4 is 9.47 Å². The molecular weight excluding hydrogens is 368 g/mol. The largest absolute Gasteiger partial charge is 0.497 e. The summed E-state index contributed by atoms with van der Waals surface area (Å²) in [5.74, 6) is 1.66. The Kier molecular flexibility index (Phi) is 5.74. The van der Waals surface area contributed by atoms with Gasteiger partial charge in [0.25, 0.3) is 5.91 Å². The number of carbonyl (C=O) groups excluding carboxylic acids is 1. The minimum atomic E-state index is -0.479. The predicted octanol–water partition coefficient (Wildman–Crippen LogP) is 3.17. The lowest BCUT2D eigenvalue weighted by Crippen LogP contribution is -2.54. The van der Waals surface area contributed by atoms with Gasteiger partial charge in [0.2, 0.25) is 0 Å². The Morgan fingerprint density at radius 3 is 2.10 bits per heavy atom. The van der Waals surface area contributed by atoms with E-state index in [4.69, 9.17) is 14.2 Å². The van der Waals surface area contributed by atoms with Crippen molar-refractivity contribution in [2.45, 2.75) is 25.1 Å². The van der Waals surface area contributed by atoms with Crippen LogP contribution >= 0.6 is 0 Å². The Morgan fingerprint density at radius 2 is 1.52 bits per heavy atom. The summed E-state index contributed by atoms with van der Waals surface area (Å²) in [7, 11) is 3.31. The number of benzene rings is 2. The summed E-state index contributed by atoms with van der Waals surface area (Å²) in [6.07, 6.45) is 1.65. The van der Waals surface area contributed by atoms with Gasteiger partial charge in [0.1, 0.15) is 17.2 Å². The Hall–Kier alpha value is -2.57. The predicted molar refractivity (Wildman–Crippen MR) is 110 cm³/mol. The van der Waals surface area contributed by atoms with Crippen molar-refractivity contribution >= 4 is 5.91 Å². The standard InChI is InChI=1S/C23H28N2O4/c1-27-20-7-3-18(4-8-20)17-24-13-11-23(12-14-24)25(15-16-29-23)22(26)19-5-9-21(28-2)10-6-19/h3-10H,11-17H2,1-2H3. The molecule has 6 nitrogen and oxygen atoms in total. The smallest absolute Gasteiger partial charge is 0.256 e. The number of ether oxygens (including phenoxy) is 3. The number of hydrogen-bond donors (Lipinski definition) is 0. The van der Waals surface area contributed by atoms with Crippen molar-refractivity contribution in [3.8, 4) is 11.5 Å². The van der Waals surface area contributed by atoms with Gasteiger partial charge < -0.3 is 19.1 Å². The number of hydrogen-bond acceptors (Lipinski definition) is 5. The van der Waals surface area contributed by atoms with Gasteiger partial charge in [-0.25, -0.2) is 0 Å². The van der Waals surface area contributed by atoms with Crippen molar-refractivity contribution in [1.82, 2.24) is 9.80 Å². The molecule has 2 fully saturated rings. The summed E-state index contributed by atoms with van der Waals surface area (Å²) in [6, 6.07) is 15.5. The third kappa shape index (κ3) is 4.09. The molecule has 2 saturated heterocycles. The average Bonchev–Trinajstić information content (AvgIpc) is 3.18. The number of amides is 1. The lowest BCUT2D eigenvalue weighted by molar-refractivity contribution is -0.106. The van der Waals surface area contributed by atoms with Gasteiger partial charge in [0, 0.05) is 44.6 Å². The van der Waals surface area contributed by atoms with Crippen molar-refractivity contribution in [2.24, 2.45) is 0 Å². The lowest BCUT2D eigenvalue weighted by atomic mass is 9.97. The molecule has 0 aliphatic carbocycles. The van der Waals surface area contributed by atoms with Crippen LogP contribution in [0.5, 0.6) is 11.5 Å². The summed E-state index contributed by atoms with van der Waals surface area (Å²) in [5, 5.41) is 0. The quantitative estimate of drug-likeness (QED) is 0.777. The van der Waals surface area contributed by atoms with Gasteiger partial charge in [-0.1, -0.05) is 12.1 Å². The summed E-state index contributed by atoms with van der Waals surface area (Å²) < 4.78 is 16.6. The fourth-order valence-electron chi connectivity index (χ4n) is 4.25. The van der Waals surface area contributed by atoms with Crippen LogP contribution in [0.1, 0.15) is 28.8 Å². The molecule has 29 heavy (non-hydrogen) atoms. The van der Waals surface area contributed by atoms with Crippen molar-refractivity contribution in [1.29, 1.82) is 0 Å². The SMILES string of the molecule is COc1ccc(CN2CCC3(CC2)OCCN3C(=O)c2ccc(OC)cc2)cc1. The molecule has 0 aromatic heterocycles. The van der Waals surface area contributed by atoms with Crippen molar-refractivity contribution in [2.75, 3.05) is 40.5 Å². The van der Waals surface area contributed by atoms with Crippen LogP contribution in [0, 0.1) is 0 Å². The van der Waals surface area contributed by atoms with Crippen molar-refractivity contribution in [3.63, 3.8) is 0 Å². The van der Waals surface area contributed by atoms with E-state index in [-0.39, 0.29) is 5.91 Å². The first-order chi connectivity index (χ1) is 14.1. The van der Waals surface area contributed by atoms with E-state index in [2.05, 4.69) is 17.0 Å². The van der Waals surface area contributed by atoms with Crippen molar-refractivity contribution < 1.29 is 19.0 Å². The second-order valence-electron chi connectivity index (χ2n) is 7.60. The minimum Gasteiger partial charge on any atom is -0.497 e. The highest BCUT2D eigenvalue weighted by atomic mass is 16.5. The molecule has 2 aliphatic heterocycles. The van der Waals surface area contributed by atoms with Crippen LogP contribution in [-0.4, -0.2) is 61.9 Å². The molecule has 4 rings (SSSR count). The Bertz CT molecular complexity index is 827. The molecule has 2 heterocycles. The molecule has 2 aliphatic rings. The zero-order chi connectivity index (χ0) is 20.3. The average molecular weight is 396 g/mol. The first-order valence-electron chi connectivity index (χ1n) is 10.1. The fraction of sp³-hybridized carbons (Fsp3) is 0.435. The first kappa shape index (κ1) is 19.7. The number of rotatable bonds is 5. The van der Waals surface area contributed by atoms with E-state index < -0.39 is 5.72 Å².